The van der Waals surface area contributed by atoms with Gasteiger partial charge >= 0.3 is 5.97 Å². The number of hydrogen-bond acceptors (Lipinski definition) is 3. The first-order valence-corrected chi connectivity index (χ1v) is 5.92. The molecule has 0 spiro atoms. The fourth-order valence-corrected chi connectivity index (χ4v) is 1.94. The molecule has 0 atom stereocenters. The molecule has 0 amide bonds. The second-order valence-corrected chi connectivity index (χ2v) is 4.11. The minimum absolute atomic E-state index is 0. The van der Waals surface area contributed by atoms with E-state index in [2.05, 4.69) is 17.0 Å². The highest BCUT2D eigenvalue weighted by Gasteiger charge is 2.20. The minimum Gasteiger partial charge on any atom is -0.463 e. The zero-order chi connectivity index (χ0) is 12.1. The molecule has 4 heteroatoms. The highest BCUT2D eigenvalue weighted by Crippen LogP contribution is 2.14. The van der Waals surface area contributed by atoms with Crippen LogP contribution in [0.2, 0.25) is 0 Å². The van der Waals surface area contributed by atoms with Gasteiger partial charge < -0.3 is 4.74 Å². The SMILES string of the molecule is CCOC(=O)C1=CCN(Cc2ccccc2)C1.Cl. The monoisotopic (exact) mass is 267 g/mol. The Morgan fingerprint density at radius 1 is 1.33 bits per heavy atom. The molecule has 1 aromatic rings. The lowest BCUT2D eigenvalue weighted by molar-refractivity contribution is -0.138. The van der Waals surface area contributed by atoms with Gasteiger partial charge in [-0.25, -0.2) is 4.79 Å². The molecule has 0 N–H and O–H groups in total. The number of rotatable bonds is 4. The fourth-order valence-electron chi connectivity index (χ4n) is 1.94. The lowest BCUT2D eigenvalue weighted by Crippen LogP contribution is -2.22. The molecule has 1 aliphatic rings. The van der Waals surface area contributed by atoms with E-state index >= 15 is 0 Å². The number of carbonyl (C=O) groups is 1. The molecule has 0 bridgehead atoms. The minimum atomic E-state index is -0.178. The van der Waals surface area contributed by atoms with Gasteiger partial charge in [0.1, 0.15) is 0 Å². The van der Waals surface area contributed by atoms with Crippen molar-refractivity contribution >= 4 is 18.4 Å². The van der Waals surface area contributed by atoms with Crippen LogP contribution in [0.4, 0.5) is 0 Å². The molecule has 1 heterocycles. The van der Waals surface area contributed by atoms with E-state index in [1.165, 1.54) is 5.56 Å². The van der Waals surface area contributed by atoms with Gasteiger partial charge in [-0.15, -0.1) is 12.4 Å². The van der Waals surface area contributed by atoms with Gasteiger partial charge in [0.05, 0.1) is 6.61 Å². The molecule has 0 saturated carbocycles. The van der Waals surface area contributed by atoms with Crippen LogP contribution < -0.4 is 0 Å². The summed E-state index contributed by atoms with van der Waals surface area (Å²) in [5.74, 6) is -0.178. The first kappa shape index (κ1) is 14.7. The van der Waals surface area contributed by atoms with Crippen molar-refractivity contribution in [3.63, 3.8) is 0 Å². The second kappa shape index (κ2) is 7.19. The fraction of sp³-hybridized carbons (Fsp3) is 0.357. The van der Waals surface area contributed by atoms with E-state index in [9.17, 15) is 4.79 Å². The predicted octanol–water partition coefficient (Wildman–Crippen LogP) is 2.41. The first-order valence-electron chi connectivity index (χ1n) is 5.92. The molecule has 0 radical (unpaired) electrons. The Morgan fingerprint density at radius 3 is 2.72 bits per heavy atom. The Morgan fingerprint density at radius 2 is 2.06 bits per heavy atom. The summed E-state index contributed by atoms with van der Waals surface area (Å²) in [6.45, 7) is 4.65. The summed E-state index contributed by atoms with van der Waals surface area (Å²) in [5.41, 5.74) is 2.05. The Labute approximate surface area is 114 Å². The number of benzene rings is 1. The van der Waals surface area contributed by atoms with Crippen LogP contribution in [0.3, 0.4) is 0 Å². The van der Waals surface area contributed by atoms with Gasteiger partial charge in [-0.1, -0.05) is 36.4 Å². The lowest BCUT2D eigenvalue weighted by Gasteiger charge is -2.15. The summed E-state index contributed by atoms with van der Waals surface area (Å²) in [4.78, 5) is 13.7. The normalized spacial score (nSPS) is 14.8. The maximum atomic E-state index is 11.5. The van der Waals surface area contributed by atoms with Crippen LogP contribution in [0.1, 0.15) is 12.5 Å². The molecule has 1 aromatic carbocycles. The molecule has 0 unspecified atom stereocenters. The van der Waals surface area contributed by atoms with E-state index in [1.54, 1.807) is 0 Å². The molecule has 1 aliphatic heterocycles. The maximum absolute atomic E-state index is 11.5. The molecule has 98 valence electrons. The topological polar surface area (TPSA) is 29.5 Å². The van der Waals surface area contributed by atoms with Crippen molar-refractivity contribution in [2.75, 3.05) is 19.7 Å². The Kier molecular flexibility index (Phi) is 5.89. The summed E-state index contributed by atoms with van der Waals surface area (Å²) in [6.07, 6.45) is 1.96. The third kappa shape index (κ3) is 3.86. The van der Waals surface area contributed by atoms with Gasteiger partial charge in [0.25, 0.3) is 0 Å². The Hall–Kier alpha value is -1.32. The molecular weight excluding hydrogens is 250 g/mol. The smallest absolute Gasteiger partial charge is 0.335 e. The molecule has 3 nitrogen and oxygen atoms in total. The van der Waals surface area contributed by atoms with Gasteiger partial charge in [-0.05, 0) is 12.5 Å². The van der Waals surface area contributed by atoms with Gasteiger partial charge in [0.2, 0.25) is 0 Å². The molecule has 2 rings (SSSR count). The largest absolute Gasteiger partial charge is 0.463 e. The third-order valence-corrected chi connectivity index (χ3v) is 2.78. The number of esters is 1. The molecule has 0 aliphatic carbocycles. The molecule has 0 aromatic heterocycles. The van der Waals surface area contributed by atoms with Crippen molar-refractivity contribution in [3.8, 4) is 0 Å². The van der Waals surface area contributed by atoms with Crippen molar-refractivity contribution in [1.29, 1.82) is 0 Å². The van der Waals surface area contributed by atoms with Crippen LogP contribution in [0, 0.1) is 0 Å². The van der Waals surface area contributed by atoms with Gasteiger partial charge in [0.15, 0.2) is 0 Å². The molecule has 0 fully saturated rings. The summed E-state index contributed by atoms with van der Waals surface area (Å²) in [6, 6.07) is 10.3. The van der Waals surface area contributed by atoms with Crippen LogP contribution >= 0.6 is 12.4 Å². The summed E-state index contributed by atoms with van der Waals surface area (Å²) >= 11 is 0. The number of hydrogen-bond donors (Lipinski definition) is 0. The van der Waals surface area contributed by atoms with Crippen molar-refractivity contribution in [2.45, 2.75) is 13.5 Å². The van der Waals surface area contributed by atoms with Crippen LogP contribution in [0.25, 0.3) is 0 Å². The quantitative estimate of drug-likeness (QED) is 0.785. The van der Waals surface area contributed by atoms with Crippen molar-refractivity contribution in [3.05, 3.63) is 47.5 Å². The van der Waals surface area contributed by atoms with Crippen LogP contribution in [0.15, 0.2) is 42.0 Å². The van der Waals surface area contributed by atoms with Crippen molar-refractivity contribution < 1.29 is 9.53 Å². The van der Waals surface area contributed by atoms with Gasteiger partial charge in [0, 0.05) is 25.2 Å². The van der Waals surface area contributed by atoms with E-state index < -0.39 is 0 Å². The third-order valence-electron chi connectivity index (χ3n) is 2.78. The standard InChI is InChI=1S/C14H17NO2.ClH/c1-2-17-14(16)13-8-9-15(11-13)10-12-6-4-3-5-7-12;/h3-8H,2,9-11H2,1H3;1H. The maximum Gasteiger partial charge on any atom is 0.335 e. The van der Waals surface area contributed by atoms with Crippen LogP contribution in [-0.4, -0.2) is 30.6 Å². The highest BCUT2D eigenvalue weighted by atomic mass is 35.5. The molecular formula is C14H18ClNO2. The summed E-state index contributed by atoms with van der Waals surface area (Å²) < 4.78 is 4.99. The molecule has 0 saturated heterocycles. The van der Waals surface area contributed by atoms with Crippen LogP contribution in [-0.2, 0) is 16.1 Å². The lowest BCUT2D eigenvalue weighted by atomic mass is 10.2. The van der Waals surface area contributed by atoms with Crippen molar-refractivity contribution in [1.82, 2.24) is 4.90 Å². The van der Waals surface area contributed by atoms with E-state index in [4.69, 9.17) is 4.74 Å². The Balaban J connectivity index is 0.00000162. The summed E-state index contributed by atoms with van der Waals surface area (Å²) in [5, 5.41) is 0. The van der Waals surface area contributed by atoms with E-state index in [1.807, 2.05) is 31.2 Å². The van der Waals surface area contributed by atoms with E-state index in [0.29, 0.717) is 13.2 Å². The van der Waals surface area contributed by atoms with E-state index in [-0.39, 0.29) is 18.4 Å². The Bertz CT molecular complexity index is 417. The second-order valence-electron chi connectivity index (χ2n) is 4.11. The van der Waals surface area contributed by atoms with Crippen LogP contribution in [0.5, 0.6) is 0 Å². The average molecular weight is 268 g/mol. The summed E-state index contributed by atoms with van der Waals surface area (Å²) in [7, 11) is 0. The number of carbonyl (C=O) groups excluding carboxylic acids is 1. The first-order chi connectivity index (χ1) is 8.29. The predicted molar refractivity (Wildman–Crippen MR) is 73.7 cm³/mol. The zero-order valence-electron chi connectivity index (χ0n) is 10.5. The molecule has 18 heavy (non-hydrogen) atoms. The highest BCUT2D eigenvalue weighted by molar-refractivity contribution is 5.89. The number of ether oxygens (including phenoxy) is 1. The number of nitrogens with zero attached hydrogens (tertiary/aromatic N) is 1. The average Bonchev–Trinajstić information content (AvgIpc) is 2.79. The van der Waals surface area contributed by atoms with Gasteiger partial charge in [-0.2, -0.15) is 0 Å². The van der Waals surface area contributed by atoms with Gasteiger partial charge in [-0.3, -0.25) is 4.90 Å². The van der Waals surface area contributed by atoms with E-state index in [0.717, 1.165) is 18.7 Å². The zero-order valence-corrected chi connectivity index (χ0v) is 11.3. The van der Waals surface area contributed by atoms with Crippen molar-refractivity contribution in [2.24, 2.45) is 0 Å². The number of halogens is 1.